The molecule has 130 valence electrons. The standard InChI is InChI=1S/C20H26O4/c1-14(2)7-5-9-17(20(22)23)10-6-8-15(3)11-12-18-16(4)13-19(21)24-18/h7,10-13H,5-6,8-9H2,1-4H3,(H,22,23)/b15-11+,17-10+,18-12-. The summed E-state index contributed by atoms with van der Waals surface area (Å²) in [6, 6.07) is 0. The SMILES string of the molecule is CC(C)=CCC/C(=C\CC/C(C)=C/C=C1\OC(=O)C=C1C)C(=O)O. The average molecular weight is 330 g/mol. The normalized spacial score (nSPS) is 16.9. The van der Waals surface area contributed by atoms with Crippen LogP contribution >= 0.6 is 0 Å². The molecular formula is C20H26O4. The average Bonchev–Trinajstić information content (AvgIpc) is 2.80. The highest BCUT2D eigenvalue weighted by atomic mass is 16.5. The van der Waals surface area contributed by atoms with Crippen LogP contribution in [0.3, 0.4) is 0 Å². The molecule has 1 aliphatic heterocycles. The van der Waals surface area contributed by atoms with Gasteiger partial charge in [0.05, 0.1) is 0 Å². The van der Waals surface area contributed by atoms with Crippen molar-refractivity contribution >= 4 is 11.9 Å². The van der Waals surface area contributed by atoms with E-state index in [1.54, 1.807) is 12.2 Å². The second-order valence-corrected chi connectivity index (χ2v) is 6.19. The Morgan fingerprint density at radius 1 is 1.17 bits per heavy atom. The van der Waals surface area contributed by atoms with Gasteiger partial charge in [-0.3, -0.25) is 0 Å². The van der Waals surface area contributed by atoms with Crippen molar-refractivity contribution in [2.24, 2.45) is 0 Å². The summed E-state index contributed by atoms with van der Waals surface area (Å²) in [4.78, 5) is 22.4. The molecule has 0 atom stereocenters. The van der Waals surface area contributed by atoms with E-state index in [-0.39, 0.29) is 5.97 Å². The number of aliphatic carboxylic acids is 1. The predicted octanol–water partition coefficient (Wildman–Crippen LogP) is 4.86. The molecule has 0 saturated heterocycles. The highest BCUT2D eigenvalue weighted by molar-refractivity contribution is 5.88. The van der Waals surface area contributed by atoms with Crippen LogP contribution in [0.1, 0.15) is 53.4 Å². The Hall–Kier alpha value is -2.36. The highest BCUT2D eigenvalue weighted by Gasteiger charge is 2.14. The van der Waals surface area contributed by atoms with E-state index in [0.717, 1.165) is 24.0 Å². The molecule has 0 aromatic rings. The van der Waals surface area contributed by atoms with Crippen LogP contribution in [0, 0.1) is 0 Å². The van der Waals surface area contributed by atoms with Gasteiger partial charge < -0.3 is 9.84 Å². The molecule has 4 nitrogen and oxygen atoms in total. The second-order valence-electron chi connectivity index (χ2n) is 6.19. The number of rotatable bonds is 8. The topological polar surface area (TPSA) is 63.6 Å². The molecule has 24 heavy (non-hydrogen) atoms. The fourth-order valence-corrected chi connectivity index (χ4v) is 2.22. The minimum atomic E-state index is -0.848. The lowest BCUT2D eigenvalue weighted by molar-refractivity contribution is -0.133. The van der Waals surface area contributed by atoms with Gasteiger partial charge in [-0.1, -0.05) is 29.4 Å². The lowest BCUT2D eigenvalue weighted by Crippen LogP contribution is -2.00. The van der Waals surface area contributed by atoms with E-state index >= 15 is 0 Å². The molecule has 0 aliphatic carbocycles. The van der Waals surface area contributed by atoms with Gasteiger partial charge in [-0.2, -0.15) is 0 Å². The van der Waals surface area contributed by atoms with E-state index in [1.165, 1.54) is 11.6 Å². The Bertz CT molecular complexity index is 639. The van der Waals surface area contributed by atoms with Crippen molar-refractivity contribution in [2.75, 3.05) is 0 Å². The number of allylic oxidation sites excluding steroid dienone is 7. The molecule has 1 rings (SSSR count). The zero-order valence-corrected chi connectivity index (χ0v) is 14.9. The van der Waals surface area contributed by atoms with Crippen LogP contribution in [-0.2, 0) is 14.3 Å². The molecule has 1 heterocycles. The highest BCUT2D eigenvalue weighted by Crippen LogP contribution is 2.19. The maximum absolute atomic E-state index is 11.2. The van der Waals surface area contributed by atoms with Crippen LogP contribution in [0.4, 0.5) is 0 Å². The fraction of sp³-hybridized carbons (Fsp3) is 0.400. The molecule has 0 aromatic carbocycles. The lowest BCUT2D eigenvalue weighted by atomic mass is 10.0. The Labute approximate surface area is 143 Å². The Morgan fingerprint density at radius 3 is 2.38 bits per heavy atom. The Morgan fingerprint density at radius 2 is 1.83 bits per heavy atom. The third-order valence-corrected chi connectivity index (χ3v) is 3.62. The quantitative estimate of drug-likeness (QED) is 0.392. The Balaban J connectivity index is 2.56. The molecule has 1 N–H and O–H groups in total. The minimum absolute atomic E-state index is 0.338. The number of carbonyl (C=O) groups is 2. The van der Waals surface area contributed by atoms with Gasteiger partial charge in [0.15, 0.2) is 0 Å². The second kappa shape index (κ2) is 9.71. The first kappa shape index (κ1) is 19.7. The zero-order chi connectivity index (χ0) is 18.1. The number of ether oxygens (including phenoxy) is 1. The third kappa shape index (κ3) is 7.27. The van der Waals surface area contributed by atoms with Crippen molar-refractivity contribution in [1.82, 2.24) is 0 Å². The van der Waals surface area contributed by atoms with Crippen LogP contribution in [0.5, 0.6) is 0 Å². The molecule has 1 aliphatic rings. The number of hydrogen-bond donors (Lipinski definition) is 1. The van der Waals surface area contributed by atoms with Crippen molar-refractivity contribution in [1.29, 1.82) is 0 Å². The summed E-state index contributed by atoms with van der Waals surface area (Å²) < 4.78 is 5.05. The molecule has 4 heteroatoms. The summed E-state index contributed by atoms with van der Waals surface area (Å²) >= 11 is 0. The summed E-state index contributed by atoms with van der Waals surface area (Å²) in [5.74, 6) is -0.613. The van der Waals surface area contributed by atoms with E-state index in [9.17, 15) is 14.7 Å². The first-order chi connectivity index (χ1) is 11.3. The number of carboxylic acids is 1. The van der Waals surface area contributed by atoms with Crippen molar-refractivity contribution in [3.05, 3.63) is 58.4 Å². The van der Waals surface area contributed by atoms with Gasteiger partial charge in [0.25, 0.3) is 0 Å². The van der Waals surface area contributed by atoms with Gasteiger partial charge in [0, 0.05) is 11.6 Å². The summed E-state index contributed by atoms with van der Waals surface area (Å²) in [5.41, 5.74) is 3.57. The largest absolute Gasteiger partial charge is 0.478 e. The minimum Gasteiger partial charge on any atom is -0.478 e. The van der Waals surface area contributed by atoms with E-state index in [4.69, 9.17) is 4.74 Å². The molecule has 0 saturated carbocycles. The molecule has 0 amide bonds. The molecule has 0 fully saturated rings. The zero-order valence-electron chi connectivity index (χ0n) is 14.9. The van der Waals surface area contributed by atoms with Gasteiger partial charge >= 0.3 is 11.9 Å². The van der Waals surface area contributed by atoms with Gasteiger partial charge in [0.1, 0.15) is 5.76 Å². The smallest absolute Gasteiger partial charge is 0.336 e. The number of carboxylic acid groups (broad SMARTS) is 1. The van der Waals surface area contributed by atoms with Gasteiger partial charge in [-0.05, 0) is 65.0 Å². The molecule has 0 radical (unpaired) electrons. The van der Waals surface area contributed by atoms with E-state index < -0.39 is 5.97 Å². The number of carbonyl (C=O) groups excluding carboxylic acids is 1. The number of esters is 1. The molecule has 0 spiro atoms. The summed E-state index contributed by atoms with van der Waals surface area (Å²) in [5, 5.41) is 9.24. The first-order valence-electron chi connectivity index (χ1n) is 8.13. The lowest BCUT2D eigenvalue weighted by Gasteiger charge is -2.02. The van der Waals surface area contributed by atoms with E-state index in [0.29, 0.717) is 24.2 Å². The van der Waals surface area contributed by atoms with Crippen LogP contribution < -0.4 is 0 Å². The van der Waals surface area contributed by atoms with Crippen LogP contribution in [0.25, 0.3) is 0 Å². The maximum atomic E-state index is 11.2. The number of cyclic esters (lactones) is 1. The Kier molecular flexibility index (Phi) is 7.96. The predicted molar refractivity (Wildman–Crippen MR) is 95.3 cm³/mol. The summed E-state index contributed by atoms with van der Waals surface area (Å²) in [7, 11) is 0. The number of hydrogen-bond acceptors (Lipinski definition) is 3. The van der Waals surface area contributed by atoms with Gasteiger partial charge in [-0.15, -0.1) is 0 Å². The monoisotopic (exact) mass is 330 g/mol. The first-order valence-corrected chi connectivity index (χ1v) is 8.13. The third-order valence-electron chi connectivity index (χ3n) is 3.62. The van der Waals surface area contributed by atoms with Crippen LogP contribution in [0.15, 0.2) is 58.4 Å². The van der Waals surface area contributed by atoms with E-state index in [2.05, 4.69) is 0 Å². The van der Waals surface area contributed by atoms with Crippen molar-refractivity contribution < 1.29 is 19.4 Å². The van der Waals surface area contributed by atoms with Crippen LogP contribution in [0.2, 0.25) is 0 Å². The maximum Gasteiger partial charge on any atom is 0.336 e. The molecular weight excluding hydrogens is 304 g/mol. The van der Waals surface area contributed by atoms with Gasteiger partial charge in [-0.25, -0.2) is 9.59 Å². The van der Waals surface area contributed by atoms with Crippen molar-refractivity contribution in [3.63, 3.8) is 0 Å². The molecule has 0 bridgehead atoms. The van der Waals surface area contributed by atoms with Crippen molar-refractivity contribution in [3.8, 4) is 0 Å². The summed E-state index contributed by atoms with van der Waals surface area (Å²) in [6.07, 6.45) is 11.7. The molecule has 0 aromatic heterocycles. The molecule has 0 unspecified atom stereocenters. The summed E-state index contributed by atoms with van der Waals surface area (Å²) in [6.45, 7) is 7.81. The van der Waals surface area contributed by atoms with Crippen molar-refractivity contribution in [2.45, 2.75) is 53.4 Å². The fourth-order valence-electron chi connectivity index (χ4n) is 2.22. The van der Waals surface area contributed by atoms with Gasteiger partial charge in [0.2, 0.25) is 0 Å². The van der Waals surface area contributed by atoms with E-state index in [1.807, 2.05) is 39.8 Å². The van der Waals surface area contributed by atoms with Crippen LogP contribution in [-0.4, -0.2) is 17.0 Å².